The van der Waals surface area contributed by atoms with Gasteiger partial charge >= 0.3 is 0 Å². The van der Waals surface area contributed by atoms with Crippen LogP contribution in [0.5, 0.6) is 0 Å². The number of likely N-dealkylation sites (N-methyl/N-ethyl adjacent to an activating group) is 1. The summed E-state index contributed by atoms with van der Waals surface area (Å²) in [6.45, 7) is 10.3. The van der Waals surface area contributed by atoms with Crippen LogP contribution in [0.4, 0.5) is 5.82 Å². The van der Waals surface area contributed by atoms with E-state index in [1.807, 2.05) is 26.2 Å². The number of nitrogens with zero attached hydrogens (tertiary/aromatic N) is 6. The van der Waals surface area contributed by atoms with Crippen LogP contribution >= 0.6 is 11.3 Å². The molecule has 0 amide bonds. The fourth-order valence-corrected chi connectivity index (χ4v) is 4.33. The van der Waals surface area contributed by atoms with Crippen molar-refractivity contribution in [1.29, 1.82) is 0 Å². The third kappa shape index (κ3) is 6.38. The van der Waals surface area contributed by atoms with Crippen LogP contribution in [-0.2, 0) is 17.8 Å². The third-order valence-electron chi connectivity index (χ3n) is 5.44. The maximum absolute atomic E-state index is 5.38. The molecule has 31 heavy (non-hydrogen) atoms. The molecule has 0 spiro atoms. The van der Waals surface area contributed by atoms with Gasteiger partial charge in [-0.1, -0.05) is 6.07 Å². The highest BCUT2D eigenvalue weighted by Gasteiger charge is 2.18. The van der Waals surface area contributed by atoms with Crippen molar-refractivity contribution in [3.05, 3.63) is 40.0 Å². The normalized spacial score (nSPS) is 16.4. The van der Waals surface area contributed by atoms with Gasteiger partial charge in [-0.15, -0.1) is 11.3 Å². The van der Waals surface area contributed by atoms with E-state index in [4.69, 9.17) is 14.7 Å². The van der Waals surface area contributed by atoms with Gasteiger partial charge in [0.25, 0.3) is 0 Å². The molecule has 1 N–H and O–H groups in total. The molecule has 0 aromatic carbocycles. The average Bonchev–Trinajstić information content (AvgIpc) is 3.25. The second kappa shape index (κ2) is 11.4. The van der Waals surface area contributed by atoms with Crippen molar-refractivity contribution in [1.82, 2.24) is 25.1 Å². The van der Waals surface area contributed by atoms with Crippen LogP contribution in [0.2, 0.25) is 0 Å². The van der Waals surface area contributed by atoms with Gasteiger partial charge in [0.15, 0.2) is 5.96 Å². The van der Waals surface area contributed by atoms with Gasteiger partial charge in [0, 0.05) is 64.0 Å². The summed E-state index contributed by atoms with van der Waals surface area (Å²) in [6.07, 6.45) is 1.89. The van der Waals surface area contributed by atoms with Crippen LogP contribution in [0.1, 0.15) is 36.2 Å². The summed E-state index contributed by atoms with van der Waals surface area (Å²) < 4.78 is 5.38. The van der Waals surface area contributed by atoms with Crippen molar-refractivity contribution in [2.45, 2.75) is 33.0 Å². The molecule has 0 bridgehead atoms. The number of ether oxygens (including phenoxy) is 1. The molecule has 3 heterocycles. The quantitative estimate of drug-likeness (QED) is 0.495. The number of aromatic nitrogens is 2. The summed E-state index contributed by atoms with van der Waals surface area (Å²) in [7, 11) is 5.92. The van der Waals surface area contributed by atoms with E-state index in [1.165, 1.54) is 0 Å². The van der Waals surface area contributed by atoms with Gasteiger partial charge in [0.1, 0.15) is 16.9 Å². The first kappa shape index (κ1) is 23.4. The lowest BCUT2D eigenvalue weighted by atomic mass is 10.2. The van der Waals surface area contributed by atoms with E-state index in [0.717, 1.165) is 60.8 Å². The molecule has 1 aliphatic heterocycles. The molecule has 1 aliphatic rings. The maximum Gasteiger partial charge on any atom is 0.194 e. The van der Waals surface area contributed by atoms with Crippen molar-refractivity contribution >= 4 is 23.1 Å². The minimum absolute atomic E-state index is 0.0181. The van der Waals surface area contributed by atoms with Crippen LogP contribution in [0.25, 0.3) is 0 Å². The summed E-state index contributed by atoms with van der Waals surface area (Å²) in [6, 6.07) is 4.13. The standard InChI is InChI=1S/C22H35N7OS/c1-6-23-22(28(4)15-19-16-31-21(26-19)17(2)30-5)25-14-18-8-7-9-24-20(18)29-12-10-27(3)11-13-29/h7-9,16-17H,6,10-15H2,1-5H3,(H,23,25). The van der Waals surface area contributed by atoms with E-state index in [1.54, 1.807) is 18.4 Å². The van der Waals surface area contributed by atoms with Gasteiger partial charge in [-0.2, -0.15) is 0 Å². The highest BCUT2D eigenvalue weighted by molar-refractivity contribution is 7.09. The van der Waals surface area contributed by atoms with E-state index < -0.39 is 0 Å². The zero-order chi connectivity index (χ0) is 22.2. The molecule has 2 aromatic heterocycles. The lowest BCUT2D eigenvalue weighted by Crippen LogP contribution is -2.45. The lowest BCUT2D eigenvalue weighted by molar-refractivity contribution is 0.119. The minimum atomic E-state index is 0.0181. The summed E-state index contributed by atoms with van der Waals surface area (Å²) >= 11 is 1.64. The number of hydrogen-bond donors (Lipinski definition) is 1. The molecule has 9 heteroatoms. The minimum Gasteiger partial charge on any atom is -0.375 e. The van der Waals surface area contributed by atoms with Crippen molar-refractivity contribution in [3.63, 3.8) is 0 Å². The van der Waals surface area contributed by atoms with Gasteiger partial charge < -0.3 is 24.8 Å². The Labute approximate surface area is 190 Å². The zero-order valence-electron chi connectivity index (χ0n) is 19.3. The number of rotatable bonds is 8. The second-order valence-electron chi connectivity index (χ2n) is 7.86. The van der Waals surface area contributed by atoms with E-state index in [0.29, 0.717) is 13.1 Å². The van der Waals surface area contributed by atoms with Crippen LogP contribution in [0.15, 0.2) is 28.7 Å². The monoisotopic (exact) mass is 445 g/mol. The predicted molar refractivity (Wildman–Crippen MR) is 128 cm³/mol. The van der Waals surface area contributed by atoms with Gasteiger partial charge in [-0.3, -0.25) is 0 Å². The molecule has 1 fully saturated rings. The lowest BCUT2D eigenvalue weighted by Gasteiger charge is -2.34. The van der Waals surface area contributed by atoms with Crippen LogP contribution in [-0.4, -0.2) is 79.7 Å². The topological polar surface area (TPSA) is 69.1 Å². The highest BCUT2D eigenvalue weighted by Crippen LogP contribution is 2.22. The predicted octanol–water partition coefficient (Wildman–Crippen LogP) is 2.59. The Kier molecular flexibility index (Phi) is 8.62. The first-order chi connectivity index (χ1) is 15.0. The Hall–Kier alpha value is -2.23. The smallest absolute Gasteiger partial charge is 0.194 e. The number of aliphatic imine (C=N–C) groups is 1. The Morgan fingerprint density at radius 3 is 2.84 bits per heavy atom. The molecule has 8 nitrogen and oxygen atoms in total. The Morgan fingerprint density at radius 1 is 1.35 bits per heavy atom. The SMILES string of the molecule is CCNC(=NCc1cccnc1N1CCN(C)CC1)N(C)Cc1csc(C(C)OC)n1. The Morgan fingerprint density at radius 2 is 2.13 bits per heavy atom. The Bertz CT molecular complexity index is 848. The van der Waals surface area contributed by atoms with Crippen molar-refractivity contribution < 1.29 is 4.74 Å². The fourth-order valence-electron chi connectivity index (χ4n) is 3.49. The number of nitrogens with one attached hydrogen (secondary N) is 1. The van der Waals surface area contributed by atoms with E-state index in [-0.39, 0.29) is 6.10 Å². The number of anilines is 1. The molecular weight excluding hydrogens is 410 g/mol. The largest absolute Gasteiger partial charge is 0.375 e. The highest BCUT2D eigenvalue weighted by atomic mass is 32.1. The van der Waals surface area contributed by atoms with Crippen LogP contribution in [0, 0.1) is 0 Å². The molecule has 0 aliphatic carbocycles. The average molecular weight is 446 g/mol. The van der Waals surface area contributed by atoms with Gasteiger partial charge in [0.05, 0.1) is 18.8 Å². The van der Waals surface area contributed by atoms with Gasteiger partial charge in [0.2, 0.25) is 0 Å². The zero-order valence-corrected chi connectivity index (χ0v) is 20.2. The number of hydrogen-bond acceptors (Lipinski definition) is 7. The Balaban J connectivity index is 1.70. The molecular formula is C22H35N7OS. The summed E-state index contributed by atoms with van der Waals surface area (Å²) in [5.41, 5.74) is 2.18. The molecule has 0 radical (unpaired) electrons. The molecule has 1 unspecified atom stereocenters. The summed E-state index contributed by atoms with van der Waals surface area (Å²) in [5.74, 6) is 1.92. The van der Waals surface area contributed by atoms with Crippen molar-refractivity contribution in [3.8, 4) is 0 Å². The molecule has 1 saturated heterocycles. The number of thiazole rings is 1. The number of guanidine groups is 1. The van der Waals surface area contributed by atoms with Gasteiger partial charge in [-0.25, -0.2) is 15.0 Å². The van der Waals surface area contributed by atoms with E-state index in [2.05, 4.69) is 50.4 Å². The summed E-state index contributed by atoms with van der Waals surface area (Å²) in [4.78, 5) is 21.1. The summed E-state index contributed by atoms with van der Waals surface area (Å²) in [5, 5.41) is 6.50. The molecule has 1 atom stereocenters. The van der Waals surface area contributed by atoms with E-state index >= 15 is 0 Å². The number of methoxy groups -OCH3 is 1. The fraction of sp³-hybridized carbons (Fsp3) is 0.591. The maximum atomic E-state index is 5.38. The molecule has 2 aromatic rings. The molecule has 170 valence electrons. The number of piperazine rings is 1. The van der Waals surface area contributed by atoms with E-state index in [9.17, 15) is 0 Å². The first-order valence-corrected chi connectivity index (χ1v) is 11.7. The second-order valence-corrected chi connectivity index (χ2v) is 8.75. The van der Waals surface area contributed by atoms with Crippen molar-refractivity contribution in [2.75, 3.05) is 58.8 Å². The first-order valence-electron chi connectivity index (χ1n) is 10.9. The number of pyridine rings is 1. The van der Waals surface area contributed by atoms with Gasteiger partial charge in [-0.05, 0) is 27.0 Å². The van der Waals surface area contributed by atoms with Crippen LogP contribution in [0.3, 0.4) is 0 Å². The third-order valence-corrected chi connectivity index (χ3v) is 6.49. The van der Waals surface area contributed by atoms with Crippen LogP contribution < -0.4 is 10.2 Å². The van der Waals surface area contributed by atoms with Crippen molar-refractivity contribution in [2.24, 2.45) is 4.99 Å². The molecule has 0 saturated carbocycles. The molecule has 3 rings (SSSR count).